The highest BCUT2D eigenvalue weighted by Gasteiger charge is 2.30. The lowest BCUT2D eigenvalue weighted by atomic mass is 9.98. The van der Waals surface area contributed by atoms with E-state index in [1.54, 1.807) is 12.4 Å². The van der Waals surface area contributed by atoms with Crippen LogP contribution in [-0.2, 0) is 11.2 Å². The van der Waals surface area contributed by atoms with E-state index in [2.05, 4.69) is 20.6 Å². The summed E-state index contributed by atoms with van der Waals surface area (Å²) in [5, 5.41) is 17.6. The monoisotopic (exact) mass is 466 g/mol. The van der Waals surface area contributed by atoms with Crippen LogP contribution in [0, 0.1) is 10.1 Å². The second-order valence-electron chi connectivity index (χ2n) is 8.08. The fourth-order valence-corrected chi connectivity index (χ4v) is 4.09. The zero-order chi connectivity index (χ0) is 24.4. The SMILES string of the molecule is NCCc1ccc(/C(Nc2ccc(-c3c[nH]cn3)cc2)=C2/C(=O)Nc3ccc([N+](=O)[O-])cc32)cc1. The van der Waals surface area contributed by atoms with Crippen LogP contribution in [0.25, 0.3) is 22.5 Å². The van der Waals surface area contributed by atoms with E-state index in [9.17, 15) is 14.9 Å². The predicted molar refractivity (Wildman–Crippen MR) is 135 cm³/mol. The van der Waals surface area contributed by atoms with Gasteiger partial charge in [-0.05, 0) is 42.3 Å². The number of aromatic nitrogens is 2. The number of aromatic amines is 1. The highest BCUT2D eigenvalue weighted by Crippen LogP contribution is 2.39. The molecule has 35 heavy (non-hydrogen) atoms. The van der Waals surface area contributed by atoms with Gasteiger partial charge in [0.2, 0.25) is 0 Å². The van der Waals surface area contributed by atoms with Gasteiger partial charge in [-0.1, -0.05) is 36.4 Å². The molecule has 0 radical (unpaired) electrons. The molecule has 0 atom stereocenters. The van der Waals surface area contributed by atoms with Crippen LogP contribution in [-0.4, -0.2) is 27.3 Å². The minimum atomic E-state index is -0.469. The fourth-order valence-electron chi connectivity index (χ4n) is 4.09. The van der Waals surface area contributed by atoms with Crippen LogP contribution in [0.1, 0.15) is 16.7 Å². The lowest BCUT2D eigenvalue weighted by molar-refractivity contribution is -0.384. The molecule has 9 nitrogen and oxygen atoms in total. The summed E-state index contributed by atoms with van der Waals surface area (Å²) < 4.78 is 0. The van der Waals surface area contributed by atoms with Crippen LogP contribution < -0.4 is 16.4 Å². The molecule has 3 aromatic carbocycles. The van der Waals surface area contributed by atoms with Crippen LogP contribution in [0.15, 0.2) is 79.3 Å². The van der Waals surface area contributed by atoms with Crippen molar-refractivity contribution in [2.24, 2.45) is 5.73 Å². The summed E-state index contributed by atoms with van der Waals surface area (Å²) in [5.41, 5.74) is 11.9. The van der Waals surface area contributed by atoms with Crippen LogP contribution in [0.4, 0.5) is 17.1 Å². The van der Waals surface area contributed by atoms with Gasteiger partial charge in [0.1, 0.15) is 0 Å². The summed E-state index contributed by atoms with van der Waals surface area (Å²) in [6, 6.07) is 19.8. The van der Waals surface area contributed by atoms with Gasteiger partial charge in [-0.15, -0.1) is 0 Å². The molecule has 1 aliphatic heterocycles. The Hall–Kier alpha value is -4.76. The van der Waals surface area contributed by atoms with Gasteiger partial charge < -0.3 is 21.4 Å². The summed E-state index contributed by atoms with van der Waals surface area (Å²) in [4.78, 5) is 31.2. The first-order valence-electron chi connectivity index (χ1n) is 11.0. The maximum atomic E-state index is 13.1. The molecule has 1 aromatic heterocycles. The van der Waals surface area contributed by atoms with Crippen molar-refractivity contribution < 1.29 is 9.72 Å². The number of amides is 1. The summed E-state index contributed by atoms with van der Waals surface area (Å²) >= 11 is 0. The first kappa shape index (κ1) is 22.1. The number of imidazole rings is 1. The third kappa shape index (κ3) is 4.40. The summed E-state index contributed by atoms with van der Waals surface area (Å²) in [5.74, 6) is -0.331. The highest BCUT2D eigenvalue weighted by molar-refractivity contribution is 6.37. The first-order chi connectivity index (χ1) is 17.0. The zero-order valence-electron chi connectivity index (χ0n) is 18.6. The van der Waals surface area contributed by atoms with E-state index in [-0.39, 0.29) is 11.6 Å². The number of rotatable bonds is 7. The van der Waals surface area contributed by atoms with Gasteiger partial charge in [0, 0.05) is 40.8 Å². The van der Waals surface area contributed by atoms with E-state index >= 15 is 0 Å². The van der Waals surface area contributed by atoms with Crippen molar-refractivity contribution >= 4 is 34.2 Å². The van der Waals surface area contributed by atoms with Gasteiger partial charge in [0.25, 0.3) is 11.6 Å². The van der Waals surface area contributed by atoms with E-state index in [4.69, 9.17) is 5.73 Å². The van der Waals surface area contributed by atoms with Gasteiger partial charge in [0.15, 0.2) is 0 Å². The Morgan fingerprint density at radius 2 is 1.83 bits per heavy atom. The summed E-state index contributed by atoms with van der Waals surface area (Å²) in [6.45, 7) is 0.535. The Labute approximate surface area is 200 Å². The van der Waals surface area contributed by atoms with Crippen molar-refractivity contribution in [1.29, 1.82) is 0 Å². The molecule has 4 aromatic rings. The quantitative estimate of drug-likeness (QED) is 0.181. The molecule has 5 rings (SSSR count). The number of anilines is 2. The number of nitro benzene ring substituents is 1. The molecule has 0 spiro atoms. The second kappa shape index (κ2) is 9.24. The molecular formula is C26H22N6O3. The van der Waals surface area contributed by atoms with Gasteiger partial charge >= 0.3 is 0 Å². The molecule has 9 heteroatoms. The summed E-state index contributed by atoms with van der Waals surface area (Å²) in [6.07, 6.45) is 4.17. The number of nitrogens with zero attached hydrogens (tertiary/aromatic N) is 2. The maximum absolute atomic E-state index is 13.1. The lowest BCUT2D eigenvalue weighted by Crippen LogP contribution is -2.10. The number of carbonyl (C=O) groups is 1. The van der Waals surface area contributed by atoms with Crippen molar-refractivity contribution in [3.8, 4) is 11.3 Å². The van der Waals surface area contributed by atoms with Gasteiger partial charge in [-0.3, -0.25) is 14.9 Å². The van der Waals surface area contributed by atoms with E-state index in [1.165, 1.54) is 12.1 Å². The van der Waals surface area contributed by atoms with Gasteiger partial charge in [-0.2, -0.15) is 0 Å². The minimum absolute atomic E-state index is 0.0845. The Morgan fingerprint density at radius 1 is 1.06 bits per heavy atom. The number of nitrogens with two attached hydrogens (primary N) is 1. The number of benzene rings is 3. The third-order valence-electron chi connectivity index (χ3n) is 5.83. The van der Waals surface area contributed by atoms with Crippen LogP contribution in [0.3, 0.4) is 0 Å². The van der Waals surface area contributed by atoms with Crippen molar-refractivity contribution in [2.75, 3.05) is 17.2 Å². The van der Waals surface area contributed by atoms with Crippen molar-refractivity contribution in [3.05, 3.63) is 106 Å². The van der Waals surface area contributed by atoms with E-state index in [0.717, 1.165) is 34.5 Å². The molecule has 1 aliphatic rings. The number of fused-ring (bicyclic) bond motifs is 1. The molecule has 174 valence electrons. The fraction of sp³-hybridized carbons (Fsp3) is 0.0769. The largest absolute Gasteiger partial charge is 0.354 e. The lowest BCUT2D eigenvalue weighted by Gasteiger charge is -2.15. The highest BCUT2D eigenvalue weighted by atomic mass is 16.6. The standard InChI is InChI=1S/C26H22N6O3/c27-12-11-16-1-3-18(4-2-16)25(30-19-7-5-17(6-8-19)23-14-28-15-29-23)24-21-13-20(32(34)35)9-10-22(21)31-26(24)33/h1-10,13-15,30H,11-12,27H2,(H,28,29)(H,31,33)/b25-24-. The number of carbonyl (C=O) groups excluding carboxylic acids is 1. The predicted octanol–water partition coefficient (Wildman–Crippen LogP) is 4.42. The molecular weight excluding hydrogens is 444 g/mol. The number of hydrogen-bond donors (Lipinski definition) is 4. The molecule has 0 aliphatic carbocycles. The molecule has 1 amide bonds. The molecule has 0 saturated carbocycles. The van der Waals surface area contributed by atoms with Crippen molar-refractivity contribution in [1.82, 2.24) is 9.97 Å². The molecule has 2 heterocycles. The number of hydrogen-bond acceptors (Lipinski definition) is 6. The Bertz CT molecular complexity index is 1430. The minimum Gasteiger partial charge on any atom is -0.354 e. The van der Waals surface area contributed by atoms with Crippen molar-refractivity contribution in [3.63, 3.8) is 0 Å². The second-order valence-corrected chi connectivity index (χ2v) is 8.08. The molecule has 0 fully saturated rings. The number of non-ortho nitro benzene ring substituents is 1. The zero-order valence-corrected chi connectivity index (χ0v) is 18.6. The van der Waals surface area contributed by atoms with E-state index < -0.39 is 4.92 Å². The molecule has 0 saturated heterocycles. The molecule has 5 N–H and O–H groups in total. The topological polar surface area (TPSA) is 139 Å². The third-order valence-corrected chi connectivity index (χ3v) is 5.83. The summed E-state index contributed by atoms with van der Waals surface area (Å²) in [7, 11) is 0. The van der Waals surface area contributed by atoms with Gasteiger partial charge in [0.05, 0.1) is 28.2 Å². The van der Waals surface area contributed by atoms with Crippen LogP contribution >= 0.6 is 0 Å². The smallest absolute Gasteiger partial charge is 0.270 e. The molecule has 0 bridgehead atoms. The van der Waals surface area contributed by atoms with E-state index in [1.807, 2.05) is 54.7 Å². The number of H-pyrrole nitrogens is 1. The van der Waals surface area contributed by atoms with E-state index in [0.29, 0.717) is 29.1 Å². The number of nitro groups is 1. The van der Waals surface area contributed by atoms with Crippen LogP contribution in [0.5, 0.6) is 0 Å². The Balaban J connectivity index is 1.61. The van der Waals surface area contributed by atoms with Crippen molar-refractivity contribution in [2.45, 2.75) is 6.42 Å². The van der Waals surface area contributed by atoms with Gasteiger partial charge in [-0.25, -0.2) is 4.98 Å². The Kier molecular flexibility index (Phi) is 5.82. The average Bonchev–Trinajstić information content (AvgIpc) is 3.51. The maximum Gasteiger partial charge on any atom is 0.270 e. The van der Waals surface area contributed by atoms with Crippen LogP contribution in [0.2, 0.25) is 0 Å². The Morgan fingerprint density at radius 3 is 2.49 bits per heavy atom. The molecule has 0 unspecified atom stereocenters. The first-order valence-corrected chi connectivity index (χ1v) is 11.0. The number of nitrogens with one attached hydrogen (secondary N) is 3. The normalized spacial score (nSPS) is 13.8. The average molecular weight is 467 g/mol.